The summed E-state index contributed by atoms with van der Waals surface area (Å²) in [6.07, 6.45) is -5.18. The Bertz CT molecular complexity index is 449. The highest BCUT2D eigenvalue weighted by atomic mass is 19.4. The van der Waals surface area contributed by atoms with Gasteiger partial charge < -0.3 is 19.9 Å². The van der Waals surface area contributed by atoms with Crippen LogP contribution in [0.3, 0.4) is 0 Å². The third-order valence-electron chi connectivity index (χ3n) is 2.60. The summed E-state index contributed by atoms with van der Waals surface area (Å²) in [7, 11) is 0. The van der Waals surface area contributed by atoms with Crippen molar-refractivity contribution in [1.29, 1.82) is 0 Å². The molecule has 0 spiro atoms. The van der Waals surface area contributed by atoms with Crippen LogP contribution in [0.25, 0.3) is 0 Å². The lowest BCUT2D eigenvalue weighted by Crippen LogP contribution is -2.15. The van der Waals surface area contributed by atoms with Crippen LogP contribution in [0.4, 0.5) is 18.9 Å². The topological polar surface area (TPSA) is 53.7 Å². The quantitative estimate of drug-likeness (QED) is 0.679. The Balaban J connectivity index is 1.98. The SMILES string of the molecule is Nc1cc(COCCC(F)(F)F)c2c(c1)COCO2. The maximum absolute atomic E-state index is 12.0. The molecule has 1 heterocycles. The van der Waals surface area contributed by atoms with Crippen molar-refractivity contribution in [2.45, 2.75) is 25.8 Å². The zero-order valence-corrected chi connectivity index (χ0v) is 10.1. The molecule has 0 radical (unpaired) electrons. The van der Waals surface area contributed by atoms with Crippen molar-refractivity contribution >= 4 is 5.69 Å². The van der Waals surface area contributed by atoms with Gasteiger partial charge in [0.1, 0.15) is 5.75 Å². The number of fused-ring (bicyclic) bond motifs is 1. The number of rotatable bonds is 4. The van der Waals surface area contributed by atoms with Crippen molar-refractivity contribution < 1.29 is 27.4 Å². The minimum atomic E-state index is -4.21. The van der Waals surface area contributed by atoms with Crippen LogP contribution >= 0.6 is 0 Å². The molecular formula is C12H14F3NO3. The molecule has 1 aliphatic heterocycles. The molecule has 1 aliphatic rings. The molecule has 0 aliphatic carbocycles. The molecule has 0 saturated carbocycles. The number of halogens is 3. The number of benzene rings is 1. The smallest absolute Gasteiger partial charge is 0.391 e. The highest BCUT2D eigenvalue weighted by Crippen LogP contribution is 2.31. The van der Waals surface area contributed by atoms with E-state index >= 15 is 0 Å². The maximum Gasteiger partial charge on any atom is 0.391 e. The summed E-state index contributed by atoms with van der Waals surface area (Å²) in [4.78, 5) is 0. The summed E-state index contributed by atoms with van der Waals surface area (Å²) in [6, 6.07) is 3.35. The fraction of sp³-hybridized carbons (Fsp3) is 0.500. The lowest BCUT2D eigenvalue weighted by molar-refractivity contribution is -0.146. The highest BCUT2D eigenvalue weighted by molar-refractivity contribution is 5.53. The monoisotopic (exact) mass is 277 g/mol. The molecule has 0 bridgehead atoms. The first-order valence-corrected chi connectivity index (χ1v) is 5.72. The van der Waals surface area contributed by atoms with Crippen LogP contribution < -0.4 is 10.5 Å². The van der Waals surface area contributed by atoms with Crippen molar-refractivity contribution in [2.75, 3.05) is 19.1 Å². The van der Waals surface area contributed by atoms with Gasteiger partial charge >= 0.3 is 6.18 Å². The molecule has 0 fully saturated rings. The number of hydrogen-bond acceptors (Lipinski definition) is 4. The lowest BCUT2D eigenvalue weighted by Gasteiger charge is -2.21. The molecule has 2 N–H and O–H groups in total. The first kappa shape index (κ1) is 14.0. The van der Waals surface area contributed by atoms with Gasteiger partial charge in [0.25, 0.3) is 0 Å². The van der Waals surface area contributed by atoms with Crippen molar-refractivity contribution in [2.24, 2.45) is 0 Å². The summed E-state index contributed by atoms with van der Waals surface area (Å²) in [5, 5.41) is 0. The standard InChI is InChI=1S/C12H14F3NO3/c13-12(14,15)1-2-17-5-8-3-10(16)4-9-6-18-7-19-11(8)9/h3-4H,1-2,5-7,16H2. The fourth-order valence-corrected chi connectivity index (χ4v) is 1.80. The van der Waals surface area contributed by atoms with Crippen molar-refractivity contribution in [3.8, 4) is 5.75 Å². The number of nitrogen functional groups attached to an aromatic ring is 1. The van der Waals surface area contributed by atoms with E-state index in [1.807, 2.05) is 0 Å². The summed E-state index contributed by atoms with van der Waals surface area (Å²) < 4.78 is 51.4. The minimum Gasteiger partial charge on any atom is -0.467 e. The molecular weight excluding hydrogens is 263 g/mol. The van der Waals surface area contributed by atoms with E-state index < -0.39 is 12.6 Å². The van der Waals surface area contributed by atoms with Gasteiger partial charge in [-0.05, 0) is 12.1 Å². The Morgan fingerprint density at radius 3 is 2.84 bits per heavy atom. The molecule has 0 aromatic heterocycles. The third-order valence-corrected chi connectivity index (χ3v) is 2.60. The second-order valence-electron chi connectivity index (χ2n) is 4.20. The van der Waals surface area contributed by atoms with Crippen molar-refractivity contribution in [1.82, 2.24) is 0 Å². The van der Waals surface area contributed by atoms with Gasteiger partial charge in [-0.25, -0.2) is 0 Å². The zero-order valence-electron chi connectivity index (χ0n) is 10.1. The van der Waals surface area contributed by atoms with Gasteiger partial charge in [0.15, 0.2) is 6.79 Å². The average Bonchev–Trinajstić information content (AvgIpc) is 2.33. The van der Waals surface area contributed by atoms with E-state index in [1.54, 1.807) is 12.1 Å². The van der Waals surface area contributed by atoms with Gasteiger partial charge in [-0.3, -0.25) is 0 Å². The van der Waals surface area contributed by atoms with Crippen molar-refractivity contribution in [3.05, 3.63) is 23.3 Å². The second-order valence-corrected chi connectivity index (χ2v) is 4.20. The van der Waals surface area contributed by atoms with E-state index in [0.717, 1.165) is 5.56 Å². The predicted molar refractivity (Wildman–Crippen MR) is 61.5 cm³/mol. The lowest BCUT2D eigenvalue weighted by atomic mass is 10.1. The fourth-order valence-electron chi connectivity index (χ4n) is 1.80. The Labute approximate surface area is 108 Å². The molecule has 1 aromatic carbocycles. The molecule has 106 valence electrons. The van der Waals surface area contributed by atoms with Gasteiger partial charge in [-0.2, -0.15) is 13.2 Å². The third kappa shape index (κ3) is 4.00. The highest BCUT2D eigenvalue weighted by Gasteiger charge is 2.26. The minimum absolute atomic E-state index is 0.0312. The second kappa shape index (κ2) is 5.66. The van der Waals surface area contributed by atoms with Crippen LogP contribution in [-0.2, 0) is 22.7 Å². The zero-order chi connectivity index (χ0) is 13.9. The summed E-state index contributed by atoms with van der Waals surface area (Å²) in [5.74, 6) is 0.590. The molecule has 0 unspecified atom stereocenters. The molecule has 0 amide bonds. The van der Waals surface area contributed by atoms with Crippen molar-refractivity contribution in [3.63, 3.8) is 0 Å². The van der Waals surface area contributed by atoms with Crippen LogP contribution in [0.5, 0.6) is 5.75 Å². The van der Waals surface area contributed by atoms with E-state index in [1.165, 1.54) is 0 Å². The molecule has 4 nitrogen and oxygen atoms in total. The van der Waals surface area contributed by atoms with Crippen LogP contribution in [-0.4, -0.2) is 19.6 Å². The van der Waals surface area contributed by atoms with Crippen LogP contribution in [0.1, 0.15) is 17.5 Å². The molecule has 7 heteroatoms. The Hall–Kier alpha value is -1.47. The Kier molecular flexibility index (Phi) is 4.16. The molecule has 0 saturated heterocycles. The van der Waals surface area contributed by atoms with E-state index in [2.05, 4.69) is 0 Å². The molecule has 2 rings (SSSR count). The number of ether oxygens (including phenoxy) is 3. The first-order chi connectivity index (χ1) is 8.96. The maximum atomic E-state index is 12.0. The summed E-state index contributed by atoms with van der Waals surface area (Å²) in [5.41, 5.74) is 7.63. The molecule has 1 aromatic rings. The molecule has 0 atom stereocenters. The summed E-state index contributed by atoms with van der Waals surface area (Å²) in [6.45, 7) is 0.134. The van der Waals surface area contributed by atoms with Gasteiger partial charge in [-0.1, -0.05) is 0 Å². The van der Waals surface area contributed by atoms with Gasteiger partial charge in [0.2, 0.25) is 0 Å². The largest absolute Gasteiger partial charge is 0.467 e. The van der Waals surface area contributed by atoms with E-state index in [-0.39, 0.29) is 20.0 Å². The van der Waals surface area contributed by atoms with Gasteiger partial charge in [-0.15, -0.1) is 0 Å². The van der Waals surface area contributed by atoms with Crippen LogP contribution in [0.2, 0.25) is 0 Å². The van der Waals surface area contributed by atoms with E-state index in [9.17, 15) is 13.2 Å². The van der Waals surface area contributed by atoms with E-state index in [0.29, 0.717) is 23.6 Å². The van der Waals surface area contributed by atoms with Crippen LogP contribution in [0.15, 0.2) is 12.1 Å². The van der Waals surface area contributed by atoms with Gasteiger partial charge in [0.05, 0.1) is 26.2 Å². The first-order valence-electron chi connectivity index (χ1n) is 5.72. The van der Waals surface area contributed by atoms with Crippen LogP contribution in [0, 0.1) is 0 Å². The number of alkyl halides is 3. The number of nitrogens with two attached hydrogens (primary N) is 1. The Morgan fingerprint density at radius 1 is 1.32 bits per heavy atom. The predicted octanol–water partition coefficient (Wildman–Crippen LogP) is 2.60. The van der Waals surface area contributed by atoms with E-state index in [4.69, 9.17) is 19.9 Å². The van der Waals surface area contributed by atoms with Gasteiger partial charge in [0, 0.05) is 16.8 Å². The number of anilines is 1. The number of hydrogen-bond donors (Lipinski definition) is 1. The average molecular weight is 277 g/mol. The summed E-state index contributed by atoms with van der Waals surface area (Å²) >= 11 is 0. The molecule has 19 heavy (non-hydrogen) atoms. The Morgan fingerprint density at radius 2 is 2.11 bits per heavy atom. The normalized spacial score (nSPS) is 14.9.